The van der Waals surface area contributed by atoms with Gasteiger partial charge in [-0.05, 0) is 71.2 Å². The molecule has 0 aliphatic carbocycles. The highest BCUT2D eigenvalue weighted by Gasteiger charge is 2.14. The summed E-state index contributed by atoms with van der Waals surface area (Å²) < 4.78 is 3.80. The summed E-state index contributed by atoms with van der Waals surface area (Å²) in [5.74, 6) is 1.62. The molecular formula is C23H35IN8. The van der Waals surface area contributed by atoms with Crippen LogP contribution < -0.4 is 10.6 Å². The average Bonchev–Trinajstić information content (AvgIpc) is 3.19. The quantitative estimate of drug-likeness (QED) is 0.267. The van der Waals surface area contributed by atoms with E-state index in [1.165, 1.54) is 11.3 Å². The minimum Gasteiger partial charge on any atom is -0.357 e. The molecule has 0 aromatic carbocycles. The molecule has 2 N–H and O–H groups in total. The van der Waals surface area contributed by atoms with Crippen LogP contribution in [0.4, 0.5) is 0 Å². The van der Waals surface area contributed by atoms with Crippen LogP contribution >= 0.6 is 24.0 Å². The molecule has 3 aromatic rings. The number of aromatic nitrogens is 5. The first-order valence-corrected chi connectivity index (χ1v) is 10.8. The molecule has 0 saturated carbocycles. The number of nitrogens with one attached hydrogen (secondary N) is 2. The number of pyridine rings is 1. The smallest absolute Gasteiger partial charge is 0.191 e. The van der Waals surface area contributed by atoms with Crippen LogP contribution in [0.5, 0.6) is 0 Å². The van der Waals surface area contributed by atoms with Gasteiger partial charge in [0.2, 0.25) is 0 Å². The van der Waals surface area contributed by atoms with Crippen LogP contribution in [0.2, 0.25) is 0 Å². The number of aliphatic imine (C=N–C) groups is 1. The van der Waals surface area contributed by atoms with E-state index in [1.807, 2.05) is 48.6 Å². The van der Waals surface area contributed by atoms with Gasteiger partial charge in [-0.1, -0.05) is 6.07 Å². The van der Waals surface area contributed by atoms with Crippen molar-refractivity contribution in [3.8, 4) is 5.82 Å². The normalized spacial score (nSPS) is 12.4. The molecule has 1 unspecified atom stereocenters. The molecule has 0 aliphatic heterocycles. The summed E-state index contributed by atoms with van der Waals surface area (Å²) in [6.07, 6.45) is 2.76. The van der Waals surface area contributed by atoms with Gasteiger partial charge in [-0.3, -0.25) is 4.68 Å². The van der Waals surface area contributed by atoms with Crippen molar-refractivity contribution in [3.63, 3.8) is 0 Å². The predicted octanol–water partition coefficient (Wildman–Crippen LogP) is 3.54. The molecule has 0 fully saturated rings. The van der Waals surface area contributed by atoms with Gasteiger partial charge in [0.1, 0.15) is 0 Å². The Balaban J connectivity index is 0.00000363. The standard InChI is InChI=1S/C23H34N8.HI/c1-8-24-23(27-15(2)12-21-18(5)29-30(7)19(21)6)26-14-20-9-10-22(25-13-20)31-17(4)11-16(3)28-31;/h9-11,13,15H,8,12,14H2,1-7H3,(H2,24,26,27);1H. The lowest BCUT2D eigenvalue weighted by Crippen LogP contribution is -2.43. The van der Waals surface area contributed by atoms with Gasteiger partial charge in [0.05, 0.1) is 17.9 Å². The Bertz CT molecular complexity index is 1050. The highest BCUT2D eigenvalue weighted by atomic mass is 127. The second-order valence-corrected chi connectivity index (χ2v) is 8.08. The van der Waals surface area contributed by atoms with Gasteiger partial charge in [-0.15, -0.1) is 24.0 Å². The Kier molecular flexibility index (Phi) is 9.23. The molecular weight excluding hydrogens is 515 g/mol. The lowest BCUT2D eigenvalue weighted by molar-refractivity contribution is 0.635. The molecule has 1 atom stereocenters. The summed E-state index contributed by atoms with van der Waals surface area (Å²) >= 11 is 0. The second-order valence-electron chi connectivity index (χ2n) is 8.08. The van der Waals surface area contributed by atoms with Crippen molar-refractivity contribution in [1.82, 2.24) is 35.2 Å². The zero-order valence-electron chi connectivity index (χ0n) is 20.1. The lowest BCUT2D eigenvalue weighted by Gasteiger charge is -2.18. The maximum Gasteiger partial charge on any atom is 0.191 e. The van der Waals surface area contributed by atoms with E-state index in [0.717, 1.165) is 47.4 Å². The van der Waals surface area contributed by atoms with Crippen LogP contribution in [-0.4, -0.2) is 43.1 Å². The maximum atomic E-state index is 4.75. The van der Waals surface area contributed by atoms with Crippen LogP contribution in [0.15, 0.2) is 29.4 Å². The molecule has 8 nitrogen and oxygen atoms in total. The number of nitrogens with zero attached hydrogens (tertiary/aromatic N) is 6. The van der Waals surface area contributed by atoms with Gasteiger partial charge in [0.25, 0.3) is 0 Å². The van der Waals surface area contributed by atoms with Crippen molar-refractivity contribution in [3.05, 3.63) is 58.3 Å². The lowest BCUT2D eigenvalue weighted by atomic mass is 10.1. The van der Waals surface area contributed by atoms with Crippen LogP contribution in [0.3, 0.4) is 0 Å². The second kappa shape index (κ2) is 11.4. The van der Waals surface area contributed by atoms with Crippen molar-refractivity contribution in [1.29, 1.82) is 0 Å². The largest absolute Gasteiger partial charge is 0.357 e. The monoisotopic (exact) mass is 550 g/mol. The molecule has 9 heteroatoms. The molecule has 0 amide bonds. The Labute approximate surface area is 207 Å². The molecule has 0 radical (unpaired) electrons. The van der Waals surface area contributed by atoms with Gasteiger partial charge in [-0.25, -0.2) is 14.7 Å². The van der Waals surface area contributed by atoms with Crippen molar-refractivity contribution < 1.29 is 0 Å². The van der Waals surface area contributed by atoms with E-state index in [2.05, 4.69) is 59.6 Å². The van der Waals surface area contributed by atoms with E-state index in [9.17, 15) is 0 Å². The Morgan fingerprint density at radius 3 is 2.44 bits per heavy atom. The Hall–Kier alpha value is -2.43. The summed E-state index contributed by atoms with van der Waals surface area (Å²) in [7, 11) is 1.99. The summed E-state index contributed by atoms with van der Waals surface area (Å²) in [5, 5.41) is 15.9. The third-order valence-electron chi connectivity index (χ3n) is 5.35. The van der Waals surface area contributed by atoms with Crippen molar-refractivity contribution >= 4 is 29.9 Å². The first-order valence-electron chi connectivity index (χ1n) is 10.8. The summed E-state index contributed by atoms with van der Waals surface area (Å²) in [6.45, 7) is 13.8. The van der Waals surface area contributed by atoms with E-state index < -0.39 is 0 Å². The fourth-order valence-electron chi connectivity index (χ4n) is 3.69. The minimum absolute atomic E-state index is 0. The summed E-state index contributed by atoms with van der Waals surface area (Å²) in [5.41, 5.74) is 6.70. The Morgan fingerprint density at radius 1 is 1.16 bits per heavy atom. The number of aryl methyl sites for hydroxylation is 4. The van der Waals surface area contributed by atoms with E-state index in [1.54, 1.807) is 0 Å². The van der Waals surface area contributed by atoms with E-state index in [4.69, 9.17) is 4.99 Å². The number of halogens is 1. The highest BCUT2D eigenvalue weighted by molar-refractivity contribution is 14.0. The average molecular weight is 550 g/mol. The van der Waals surface area contributed by atoms with Crippen LogP contribution in [0.1, 0.15) is 47.8 Å². The molecule has 0 bridgehead atoms. The van der Waals surface area contributed by atoms with Crippen molar-refractivity contribution in [2.75, 3.05) is 6.54 Å². The third kappa shape index (κ3) is 6.30. The van der Waals surface area contributed by atoms with E-state index >= 15 is 0 Å². The molecule has 0 saturated heterocycles. The maximum absolute atomic E-state index is 4.75. The molecule has 32 heavy (non-hydrogen) atoms. The van der Waals surface area contributed by atoms with Crippen LogP contribution in [-0.2, 0) is 20.0 Å². The first-order chi connectivity index (χ1) is 14.8. The molecule has 3 heterocycles. The third-order valence-corrected chi connectivity index (χ3v) is 5.35. The van der Waals surface area contributed by atoms with E-state index in [-0.39, 0.29) is 30.0 Å². The van der Waals surface area contributed by atoms with Crippen LogP contribution in [0, 0.1) is 27.7 Å². The fourth-order valence-corrected chi connectivity index (χ4v) is 3.69. The number of hydrogen-bond donors (Lipinski definition) is 2. The SMILES string of the molecule is CCNC(=NCc1ccc(-n2nc(C)cc2C)nc1)NC(C)Cc1c(C)nn(C)c1C.I. The van der Waals surface area contributed by atoms with Gasteiger partial charge in [-0.2, -0.15) is 10.2 Å². The van der Waals surface area contributed by atoms with Gasteiger partial charge < -0.3 is 10.6 Å². The van der Waals surface area contributed by atoms with Gasteiger partial charge >= 0.3 is 0 Å². The molecule has 3 rings (SSSR count). The topological polar surface area (TPSA) is 84.9 Å². The molecule has 174 valence electrons. The summed E-state index contributed by atoms with van der Waals surface area (Å²) in [6, 6.07) is 6.31. The highest BCUT2D eigenvalue weighted by Crippen LogP contribution is 2.14. The van der Waals surface area contributed by atoms with Crippen LogP contribution in [0.25, 0.3) is 5.82 Å². The zero-order valence-corrected chi connectivity index (χ0v) is 22.4. The van der Waals surface area contributed by atoms with Gasteiger partial charge in [0.15, 0.2) is 11.8 Å². The van der Waals surface area contributed by atoms with Crippen molar-refractivity contribution in [2.24, 2.45) is 12.0 Å². The zero-order chi connectivity index (χ0) is 22.5. The predicted molar refractivity (Wildman–Crippen MR) is 140 cm³/mol. The Morgan fingerprint density at radius 2 is 1.91 bits per heavy atom. The summed E-state index contributed by atoms with van der Waals surface area (Å²) in [4.78, 5) is 9.32. The number of rotatable bonds is 7. The fraction of sp³-hybridized carbons (Fsp3) is 0.478. The van der Waals surface area contributed by atoms with E-state index in [0.29, 0.717) is 6.54 Å². The minimum atomic E-state index is 0. The molecule has 3 aromatic heterocycles. The molecule has 0 spiro atoms. The first kappa shape index (κ1) is 25.8. The number of guanidine groups is 1. The van der Waals surface area contributed by atoms with Crippen molar-refractivity contribution in [2.45, 2.75) is 60.5 Å². The number of hydrogen-bond acceptors (Lipinski definition) is 4. The van der Waals surface area contributed by atoms with Gasteiger partial charge in [0, 0.05) is 37.2 Å². The molecule has 0 aliphatic rings.